The van der Waals surface area contributed by atoms with Gasteiger partial charge in [0.15, 0.2) is 0 Å². The first-order chi connectivity index (χ1) is 11.6. The number of benzene rings is 2. The van der Waals surface area contributed by atoms with Crippen LogP contribution in [0.25, 0.3) is 6.08 Å². The lowest BCUT2D eigenvalue weighted by Crippen LogP contribution is -2.34. The zero-order valence-electron chi connectivity index (χ0n) is 13.5. The minimum Gasteiger partial charge on any atom is -0.207 e. The van der Waals surface area contributed by atoms with Crippen LogP contribution in [0, 0.1) is 0 Å². The maximum atomic E-state index is 13.0. The van der Waals surface area contributed by atoms with Crippen LogP contribution in [0.3, 0.4) is 0 Å². The van der Waals surface area contributed by atoms with E-state index in [0.29, 0.717) is 0 Å². The molecule has 0 saturated heterocycles. The van der Waals surface area contributed by atoms with E-state index in [1.165, 1.54) is 16.5 Å². The minimum atomic E-state index is -3.43. The van der Waals surface area contributed by atoms with E-state index >= 15 is 0 Å². The molecule has 124 valence electrons. The Hall–Kier alpha value is -1.91. The molecule has 0 spiro atoms. The standard InChI is InChI=1S/C20H21NO2S/c22-24(23,15-14-16-6-2-1-3-7-16)21(18-11-12-18)20-13-10-17-8-4-5-9-19(17)20/h1-9,14-15,18,20H,10-13H2/b15-14+. The van der Waals surface area contributed by atoms with E-state index in [9.17, 15) is 8.42 Å². The summed E-state index contributed by atoms with van der Waals surface area (Å²) in [5.74, 6) is 0. The van der Waals surface area contributed by atoms with Crippen molar-refractivity contribution in [2.45, 2.75) is 37.8 Å². The van der Waals surface area contributed by atoms with E-state index in [0.717, 1.165) is 31.2 Å². The molecule has 4 rings (SSSR count). The first kappa shape index (κ1) is 15.6. The number of sulfonamides is 1. The molecule has 1 fully saturated rings. The summed E-state index contributed by atoms with van der Waals surface area (Å²) >= 11 is 0. The van der Waals surface area contributed by atoms with Gasteiger partial charge < -0.3 is 0 Å². The van der Waals surface area contributed by atoms with Gasteiger partial charge in [0.2, 0.25) is 10.0 Å². The van der Waals surface area contributed by atoms with Crippen LogP contribution in [0.4, 0.5) is 0 Å². The van der Waals surface area contributed by atoms with Gasteiger partial charge in [-0.15, -0.1) is 0 Å². The Balaban J connectivity index is 1.65. The Morgan fingerprint density at radius 1 is 0.917 bits per heavy atom. The molecular formula is C20H21NO2S. The summed E-state index contributed by atoms with van der Waals surface area (Å²) in [6.07, 6.45) is 5.48. The quantitative estimate of drug-likeness (QED) is 0.821. The Labute approximate surface area is 143 Å². The first-order valence-electron chi connectivity index (χ1n) is 8.50. The van der Waals surface area contributed by atoms with E-state index in [2.05, 4.69) is 12.1 Å². The second-order valence-electron chi connectivity index (χ2n) is 6.57. The summed E-state index contributed by atoms with van der Waals surface area (Å²) in [4.78, 5) is 0. The van der Waals surface area contributed by atoms with Crippen LogP contribution >= 0.6 is 0 Å². The lowest BCUT2D eigenvalue weighted by Gasteiger charge is -2.27. The zero-order chi connectivity index (χ0) is 16.6. The first-order valence-corrected chi connectivity index (χ1v) is 10.00. The fourth-order valence-electron chi connectivity index (χ4n) is 3.57. The van der Waals surface area contributed by atoms with E-state index in [4.69, 9.17) is 0 Å². The van der Waals surface area contributed by atoms with Crippen LogP contribution < -0.4 is 0 Å². The molecule has 1 atom stereocenters. The molecule has 0 N–H and O–H groups in total. The van der Waals surface area contributed by atoms with Crippen molar-refractivity contribution in [1.82, 2.24) is 4.31 Å². The zero-order valence-corrected chi connectivity index (χ0v) is 14.3. The highest BCUT2D eigenvalue weighted by Gasteiger charge is 2.43. The van der Waals surface area contributed by atoms with Gasteiger partial charge in [-0.25, -0.2) is 8.42 Å². The van der Waals surface area contributed by atoms with Gasteiger partial charge in [-0.05, 0) is 48.4 Å². The number of nitrogens with zero attached hydrogens (tertiary/aromatic N) is 1. The van der Waals surface area contributed by atoms with Crippen LogP contribution in [0.15, 0.2) is 60.0 Å². The van der Waals surface area contributed by atoms with Crippen molar-refractivity contribution < 1.29 is 8.42 Å². The molecule has 24 heavy (non-hydrogen) atoms. The molecule has 0 radical (unpaired) electrons. The summed E-state index contributed by atoms with van der Waals surface area (Å²) in [5.41, 5.74) is 3.38. The van der Waals surface area contributed by atoms with Crippen LogP contribution in [0.1, 0.15) is 42.0 Å². The predicted octanol–water partition coefficient (Wildman–Crippen LogP) is 4.14. The van der Waals surface area contributed by atoms with Crippen molar-refractivity contribution >= 4 is 16.1 Å². The Bertz CT molecular complexity index is 854. The summed E-state index contributed by atoms with van der Waals surface area (Å²) in [6, 6.07) is 18.0. The van der Waals surface area contributed by atoms with Gasteiger partial charge in [0.25, 0.3) is 0 Å². The third-order valence-electron chi connectivity index (χ3n) is 4.84. The molecule has 4 heteroatoms. The van der Waals surface area contributed by atoms with E-state index < -0.39 is 10.0 Å². The van der Waals surface area contributed by atoms with Crippen molar-refractivity contribution in [1.29, 1.82) is 0 Å². The normalized spacial score (nSPS) is 20.6. The smallest absolute Gasteiger partial charge is 0.207 e. The summed E-state index contributed by atoms with van der Waals surface area (Å²) in [6.45, 7) is 0. The van der Waals surface area contributed by atoms with Gasteiger partial charge in [0, 0.05) is 11.4 Å². The van der Waals surface area contributed by atoms with E-state index in [1.807, 2.05) is 42.5 Å². The molecule has 2 aromatic rings. The topological polar surface area (TPSA) is 37.4 Å². The average Bonchev–Trinajstić information content (AvgIpc) is 3.34. The summed E-state index contributed by atoms with van der Waals surface area (Å²) < 4.78 is 27.8. The largest absolute Gasteiger partial charge is 0.237 e. The summed E-state index contributed by atoms with van der Waals surface area (Å²) in [5, 5.41) is 1.38. The van der Waals surface area contributed by atoms with Gasteiger partial charge in [-0.2, -0.15) is 4.31 Å². The number of rotatable bonds is 5. The van der Waals surface area contributed by atoms with Crippen molar-refractivity contribution in [3.05, 3.63) is 76.7 Å². The Morgan fingerprint density at radius 3 is 2.38 bits per heavy atom. The van der Waals surface area contributed by atoms with Crippen molar-refractivity contribution in [3.8, 4) is 0 Å². The number of aryl methyl sites for hydroxylation is 1. The highest BCUT2D eigenvalue weighted by molar-refractivity contribution is 7.92. The average molecular weight is 339 g/mol. The van der Waals surface area contributed by atoms with E-state index in [-0.39, 0.29) is 12.1 Å². The molecule has 2 aliphatic carbocycles. The van der Waals surface area contributed by atoms with Crippen LogP contribution in [-0.4, -0.2) is 18.8 Å². The molecule has 3 nitrogen and oxygen atoms in total. The predicted molar refractivity (Wildman–Crippen MR) is 96.8 cm³/mol. The van der Waals surface area contributed by atoms with E-state index in [1.54, 1.807) is 10.4 Å². The molecule has 0 bridgehead atoms. The molecule has 2 aliphatic rings. The van der Waals surface area contributed by atoms with Crippen LogP contribution in [-0.2, 0) is 16.4 Å². The Kier molecular flexibility index (Phi) is 4.02. The monoisotopic (exact) mass is 339 g/mol. The highest BCUT2D eigenvalue weighted by Crippen LogP contribution is 2.43. The SMILES string of the molecule is O=S(=O)(/C=C/c1ccccc1)N(C1CC1)C1CCc2ccccc21. The molecule has 0 aromatic heterocycles. The number of fused-ring (bicyclic) bond motifs is 1. The van der Waals surface area contributed by atoms with Crippen molar-refractivity contribution in [2.24, 2.45) is 0 Å². The van der Waals surface area contributed by atoms with Gasteiger partial charge in [-0.1, -0.05) is 54.6 Å². The second-order valence-corrected chi connectivity index (χ2v) is 8.30. The van der Waals surface area contributed by atoms with Crippen LogP contribution in [0.2, 0.25) is 0 Å². The molecule has 0 aliphatic heterocycles. The lowest BCUT2D eigenvalue weighted by molar-refractivity contribution is 0.318. The summed E-state index contributed by atoms with van der Waals surface area (Å²) in [7, 11) is -3.43. The second kappa shape index (κ2) is 6.19. The fraction of sp³-hybridized carbons (Fsp3) is 0.300. The molecule has 2 aromatic carbocycles. The fourth-order valence-corrected chi connectivity index (χ4v) is 5.24. The minimum absolute atomic E-state index is 0.0147. The van der Waals surface area contributed by atoms with Gasteiger partial charge in [-0.3, -0.25) is 0 Å². The molecule has 1 unspecified atom stereocenters. The van der Waals surface area contributed by atoms with Gasteiger partial charge in [0.1, 0.15) is 0 Å². The third-order valence-corrected chi connectivity index (χ3v) is 6.46. The Morgan fingerprint density at radius 2 is 1.62 bits per heavy atom. The lowest BCUT2D eigenvalue weighted by atomic mass is 10.1. The molecule has 0 heterocycles. The molecule has 0 amide bonds. The van der Waals surface area contributed by atoms with Crippen molar-refractivity contribution in [3.63, 3.8) is 0 Å². The highest BCUT2D eigenvalue weighted by atomic mass is 32.2. The maximum Gasteiger partial charge on any atom is 0.237 e. The number of hydrogen-bond acceptors (Lipinski definition) is 2. The van der Waals surface area contributed by atoms with Gasteiger partial charge in [0.05, 0.1) is 6.04 Å². The molecule has 1 saturated carbocycles. The molecular weight excluding hydrogens is 318 g/mol. The van der Waals surface area contributed by atoms with Crippen molar-refractivity contribution in [2.75, 3.05) is 0 Å². The maximum absolute atomic E-state index is 13.0. The van der Waals surface area contributed by atoms with Gasteiger partial charge >= 0.3 is 0 Å². The third kappa shape index (κ3) is 3.04. The van der Waals surface area contributed by atoms with Crippen LogP contribution in [0.5, 0.6) is 0 Å². The number of hydrogen-bond donors (Lipinski definition) is 0.